The summed E-state index contributed by atoms with van der Waals surface area (Å²) in [7, 11) is 0. The number of rotatable bonds is 35. The molecule has 0 unspecified atom stereocenters. The highest BCUT2D eigenvalue weighted by Gasteiger charge is 2.41. The zero-order valence-electron chi connectivity index (χ0n) is 42.4. The molecular weight excluding hydrogens is 941 g/mol. The maximum atomic E-state index is 14.5. The molecule has 2 aliphatic rings. The number of hydrogen-bond donors (Lipinski definition) is 17. The number of amides is 8. The van der Waals surface area contributed by atoms with E-state index in [4.69, 9.17) is 40.1 Å². The van der Waals surface area contributed by atoms with Gasteiger partial charge in [0.05, 0.1) is 6.04 Å². The van der Waals surface area contributed by atoms with Gasteiger partial charge in [0.25, 0.3) is 0 Å². The third-order valence-electron chi connectivity index (χ3n) is 12.6. The van der Waals surface area contributed by atoms with Gasteiger partial charge in [-0.05, 0) is 121 Å². The molecule has 0 aromatic rings. The standard InChI is InChI=1S/C44H88N18O8S/c1-6-25(4)33(40(69)58-29(17-23-71-5)37(66)56-26(34(45)63)12-7-19-53-42(46)47)61-39(68)32(24(2)3)60-38(67)31-16-11-22-62(31)41(70)30(15-10-21-55-44(50)51)59-36(65)28(14-9-20-54-43(48)49)57-35(64)27-13-8-18-52-27/h24-33,42-44,52-55H,6-23,46-51H2,1-5H3,(H2,45,63)(H,56,66)(H,57,64)(H,58,69)(H,59,65)(H,60,67)(H,61,68)/t25-,26-,27-,28-,29-,30-,31-,32-,33-/m0/s1. The summed E-state index contributed by atoms with van der Waals surface area (Å²) < 4.78 is 0. The van der Waals surface area contributed by atoms with E-state index in [1.807, 2.05) is 13.2 Å². The molecule has 8 amide bonds. The van der Waals surface area contributed by atoms with Gasteiger partial charge in [0.15, 0.2) is 0 Å². The van der Waals surface area contributed by atoms with Gasteiger partial charge in [-0.2, -0.15) is 11.8 Å². The second-order valence-electron chi connectivity index (χ2n) is 18.7. The van der Waals surface area contributed by atoms with Crippen LogP contribution in [0.3, 0.4) is 0 Å². The SMILES string of the molecule is CC[C@H](C)[C@H](NC(=O)[C@@H](NC(=O)[C@@H]1CCCN1C(=O)[C@H](CCCNC(N)N)NC(=O)[C@H](CCCNC(N)N)NC(=O)[C@@H]1CCCN1)C(C)C)C(=O)N[C@@H](CCSC)C(=O)N[C@@H](CCCNC(N)N)C(N)=O. The van der Waals surface area contributed by atoms with Crippen LogP contribution in [0.2, 0.25) is 0 Å². The molecule has 24 N–H and O–H groups in total. The monoisotopic (exact) mass is 1030 g/mol. The lowest BCUT2D eigenvalue weighted by Gasteiger charge is -2.32. The van der Waals surface area contributed by atoms with Gasteiger partial charge in [-0.3, -0.25) is 54.3 Å². The van der Waals surface area contributed by atoms with Crippen LogP contribution in [-0.2, 0) is 38.4 Å². The smallest absolute Gasteiger partial charge is 0.245 e. The molecule has 71 heavy (non-hydrogen) atoms. The largest absolute Gasteiger partial charge is 0.368 e. The molecule has 0 spiro atoms. The molecule has 2 saturated heterocycles. The maximum absolute atomic E-state index is 14.5. The first-order chi connectivity index (χ1) is 33.6. The summed E-state index contributed by atoms with van der Waals surface area (Å²) in [5.74, 6) is -5.16. The highest BCUT2D eigenvalue weighted by molar-refractivity contribution is 7.98. The third kappa shape index (κ3) is 23.0. The van der Waals surface area contributed by atoms with Gasteiger partial charge >= 0.3 is 0 Å². The summed E-state index contributed by atoms with van der Waals surface area (Å²) in [6.07, 6.45) is 4.02. The highest BCUT2D eigenvalue weighted by atomic mass is 32.2. The van der Waals surface area contributed by atoms with E-state index < -0.39 is 120 Å². The maximum Gasteiger partial charge on any atom is 0.245 e. The fourth-order valence-corrected chi connectivity index (χ4v) is 8.73. The van der Waals surface area contributed by atoms with Crippen LogP contribution in [-0.4, -0.2) is 164 Å². The molecule has 9 atom stereocenters. The van der Waals surface area contributed by atoms with Crippen LogP contribution < -0.4 is 93.3 Å². The Hall–Kier alpha value is -4.29. The summed E-state index contributed by atoms with van der Waals surface area (Å²) in [5, 5.41) is 28.5. The Bertz CT molecular complexity index is 1690. The minimum absolute atomic E-state index is 0.133. The van der Waals surface area contributed by atoms with Crippen LogP contribution in [0.1, 0.15) is 105 Å². The summed E-state index contributed by atoms with van der Waals surface area (Å²) in [4.78, 5) is 111. The van der Waals surface area contributed by atoms with Crippen LogP contribution in [0.5, 0.6) is 0 Å². The molecule has 0 bridgehead atoms. The first kappa shape index (κ1) is 62.8. The van der Waals surface area contributed by atoms with Crippen molar-refractivity contribution < 1.29 is 38.4 Å². The molecule has 408 valence electrons. The quantitative estimate of drug-likeness (QED) is 0.0208. The summed E-state index contributed by atoms with van der Waals surface area (Å²) in [5.41, 5.74) is 39.3. The summed E-state index contributed by atoms with van der Waals surface area (Å²) in [6.45, 7) is 8.96. The van der Waals surface area contributed by atoms with E-state index in [0.29, 0.717) is 70.5 Å². The number of nitrogens with one attached hydrogen (secondary N) is 10. The molecule has 2 fully saturated rings. The van der Waals surface area contributed by atoms with Crippen LogP contribution >= 0.6 is 11.8 Å². The number of primary amides is 1. The second kappa shape index (κ2) is 33.4. The topological polar surface area (TPSA) is 442 Å². The van der Waals surface area contributed by atoms with E-state index in [1.54, 1.807) is 20.8 Å². The van der Waals surface area contributed by atoms with E-state index in [9.17, 15) is 38.4 Å². The van der Waals surface area contributed by atoms with Gasteiger partial charge in [0.1, 0.15) is 61.2 Å². The first-order valence-corrected chi connectivity index (χ1v) is 26.4. The second-order valence-corrected chi connectivity index (χ2v) is 19.7. The van der Waals surface area contributed by atoms with Crippen LogP contribution in [0.4, 0.5) is 0 Å². The van der Waals surface area contributed by atoms with Gasteiger partial charge in [0, 0.05) is 6.54 Å². The Morgan fingerprint density at radius 3 is 1.61 bits per heavy atom. The number of carbonyl (C=O) groups is 8. The molecule has 0 aromatic carbocycles. The lowest BCUT2D eigenvalue weighted by Crippen LogP contribution is -2.61. The lowest BCUT2D eigenvalue weighted by molar-refractivity contribution is -0.143. The number of thioether (sulfide) groups is 1. The zero-order chi connectivity index (χ0) is 53.2. The normalized spacial score (nSPS) is 18.9. The Morgan fingerprint density at radius 1 is 0.606 bits per heavy atom. The van der Waals surface area contributed by atoms with Gasteiger partial charge in [-0.15, -0.1) is 0 Å². The van der Waals surface area contributed by atoms with Gasteiger partial charge in [0.2, 0.25) is 47.3 Å². The van der Waals surface area contributed by atoms with Crippen molar-refractivity contribution in [3.63, 3.8) is 0 Å². The van der Waals surface area contributed by atoms with Crippen molar-refractivity contribution in [2.24, 2.45) is 52.0 Å². The van der Waals surface area contributed by atoms with E-state index in [2.05, 4.69) is 53.2 Å². The lowest BCUT2D eigenvalue weighted by atomic mass is 9.95. The Labute approximate surface area is 422 Å². The van der Waals surface area contributed by atoms with Crippen molar-refractivity contribution in [1.82, 2.24) is 58.1 Å². The molecular formula is C44H88N18O8S. The fourth-order valence-electron chi connectivity index (χ4n) is 8.26. The molecule has 2 aliphatic heterocycles. The Balaban J connectivity index is 2.30. The van der Waals surface area contributed by atoms with Crippen molar-refractivity contribution in [3.8, 4) is 0 Å². The molecule has 0 radical (unpaired) electrons. The van der Waals surface area contributed by atoms with Gasteiger partial charge in [-0.1, -0.05) is 34.1 Å². The van der Waals surface area contributed by atoms with Crippen molar-refractivity contribution in [2.45, 2.75) is 172 Å². The average Bonchev–Trinajstić information content (AvgIpc) is 4.04. The van der Waals surface area contributed by atoms with Crippen LogP contribution in [0, 0.1) is 11.8 Å². The van der Waals surface area contributed by atoms with Crippen molar-refractivity contribution in [2.75, 3.05) is 44.7 Å². The van der Waals surface area contributed by atoms with Crippen molar-refractivity contribution in [1.29, 1.82) is 0 Å². The molecule has 2 rings (SSSR count). The van der Waals surface area contributed by atoms with E-state index >= 15 is 0 Å². The first-order valence-electron chi connectivity index (χ1n) is 25.0. The number of carbonyl (C=O) groups excluding carboxylic acids is 8. The summed E-state index contributed by atoms with van der Waals surface area (Å²) in [6, 6.07) is -8.01. The minimum atomic E-state index is -1.15. The number of nitrogens with zero attached hydrogens (tertiary/aromatic N) is 1. The molecule has 27 heteroatoms. The van der Waals surface area contributed by atoms with E-state index in [0.717, 1.165) is 6.42 Å². The number of hydrogen-bond acceptors (Lipinski definition) is 19. The molecule has 0 saturated carbocycles. The molecule has 26 nitrogen and oxygen atoms in total. The summed E-state index contributed by atoms with van der Waals surface area (Å²) >= 11 is 1.45. The van der Waals surface area contributed by atoms with E-state index in [-0.39, 0.29) is 44.6 Å². The Kier molecular flexibility index (Phi) is 29.6. The predicted octanol–water partition coefficient (Wildman–Crippen LogP) is -5.71. The number of likely N-dealkylation sites (tertiary alicyclic amines) is 1. The van der Waals surface area contributed by atoms with Crippen molar-refractivity contribution in [3.05, 3.63) is 0 Å². The van der Waals surface area contributed by atoms with Gasteiger partial charge in [-0.25, -0.2) is 0 Å². The molecule has 0 aliphatic carbocycles. The van der Waals surface area contributed by atoms with Gasteiger partial charge < -0.3 is 82.3 Å². The molecule has 0 aromatic heterocycles. The highest BCUT2D eigenvalue weighted by Crippen LogP contribution is 2.21. The van der Waals surface area contributed by atoms with Crippen LogP contribution in [0.15, 0.2) is 0 Å². The minimum Gasteiger partial charge on any atom is -0.368 e. The van der Waals surface area contributed by atoms with Crippen molar-refractivity contribution >= 4 is 59.0 Å². The Morgan fingerprint density at radius 2 is 1.11 bits per heavy atom. The molecule has 2 heterocycles. The van der Waals surface area contributed by atoms with E-state index in [1.165, 1.54) is 16.7 Å². The average molecular weight is 1030 g/mol. The van der Waals surface area contributed by atoms with Crippen LogP contribution in [0.25, 0.3) is 0 Å². The zero-order valence-corrected chi connectivity index (χ0v) is 43.2. The third-order valence-corrected chi connectivity index (χ3v) is 13.2. The number of nitrogens with two attached hydrogens (primary N) is 7. The fraction of sp³-hybridized carbons (Fsp3) is 0.818. The predicted molar refractivity (Wildman–Crippen MR) is 272 cm³/mol.